The monoisotopic (exact) mass is 349 g/mol. The molecule has 0 bridgehead atoms. The molecule has 0 saturated heterocycles. The van der Waals surface area contributed by atoms with E-state index in [0.717, 1.165) is 24.4 Å². The number of imidazole rings is 1. The van der Waals surface area contributed by atoms with Gasteiger partial charge < -0.3 is 14.4 Å². The molecule has 0 spiro atoms. The second kappa shape index (κ2) is 7.13. The summed E-state index contributed by atoms with van der Waals surface area (Å²) >= 11 is 6.03. The third-order valence-electron chi connectivity index (χ3n) is 4.08. The van der Waals surface area contributed by atoms with E-state index in [-0.39, 0.29) is 11.8 Å². The molecule has 1 amide bonds. The second-order valence-corrected chi connectivity index (χ2v) is 6.20. The van der Waals surface area contributed by atoms with E-state index in [2.05, 4.69) is 11.9 Å². The van der Waals surface area contributed by atoms with Crippen LogP contribution >= 0.6 is 11.6 Å². The summed E-state index contributed by atoms with van der Waals surface area (Å²) in [5.41, 5.74) is 1.43. The van der Waals surface area contributed by atoms with Crippen molar-refractivity contribution in [1.82, 2.24) is 14.5 Å². The maximum atomic E-state index is 12.1. The Morgan fingerprint density at radius 2 is 2.25 bits per heavy atom. The van der Waals surface area contributed by atoms with E-state index in [1.165, 1.54) is 0 Å². The third-order valence-corrected chi connectivity index (χ3v) is 4.32. The molecule has 1 aliphatic heterocycles. The number of ether oxygens (including phenoxy) is 1. The summed E-state index contributed by atoms with van der Waals surface area (Å²) in [7, 11) is 0. The fourth-order valence-corrected chi connectivity index (χ4v) is 2.91. The number of carbonyl (C=O) groups is 1. The van der Waals surface area contributed by atoms with Crippen molar-refractivity contribution in [2.24, 2.45) is 0 Å². The van der Waals surface area contributed by atoms with Crippen LogP contribution in [0.2, 0.25) is 5.02 Å². The first kappa shape index (κ1) is 16.6. The van der Waals surface area contributed by atoms with Gasteiger partial charge in [-0.1, -0.05) is 24.9 Å². The predicted octanol–water partition coefficient (Wildman–Crippen LogP) is 3.66. The Morgan fingerprint density at radius 3 is 3.04 bits per heavy atom. The first-order valence-corrected chi connectivity index (χ1v) is 8.43. The van der Waals surface area contributed by atoms with Crippen molar-refractivity contribution in [3.8, 4) is 17.0 Å². The lowest BCUT2D eigenvalue weighted by Gasteiger charge is -2.28. The van der Waals surface area contributed by atoms with Crippen molar-refractivity contribution in [3.05, 3.63) is 35.2 Å². The molecule has 128 valence electrons. The molecule has 0 aliphatic carbocycles. The van der Waals surface area contributed by atoms with E-state index in [4.69, 9.17) is 16.3 Å². The molecule has 0 atom stereocenters. The number of halogens is 1. The highest BCUT2D eigenvalue weighted by Gasteiger charge is 2.25. The normalized spacial score (nSPS) is 13.7. The van der Waals surface area contributed by atoms with Crippen LogP contribution in [0.25, 0.3) is 11.3 Å². The summed E-state index contributed by atoms with van der Waals surface area (Å²) in [5, 5.41) is 10.6. The maximum Gasteiger partial charge on any atom is 0.410 e. The minimum atomic E-state index is -0.301. The number of unbranched alkanes of at least 4 members (excludes halogenated alkanes) is 1. The zero-order valence-electron chi connectivity index (χ0n) is 13.5. The Hall–Kier alpha value is -2.21. The number of hydrogen-bond donors (Lipinski definition) is 1. The summed E-state index contributed by atoms with van der Waals surface area (Å²) in [5.74, 6) is 0.923. The van der Waals surface area contributed by atoms with E-state index in [1.54, 1.807) is 29.3 Å². The van der Waals surface area contributed by atoms with Gasteiger partial charge in [-0.25, -0.2) is 9.78 Å². The van der Waals surface area contributed by atoms with Crippen molar-refractivity contribution in [2.75, 3.05) is 13.2 Å². The lowest BCUT2D eigenvalue weighted by Crippen LogP contribution is -2.39. The largest absolute Gasteiger partial charge is 0.507 e. The van der Waals surface area contributed by atoms with Gasteiger partial charge in [0.25, 0.3) is 0 Å². The lowest BCUT2D eigenvalue weighted by atomic mass is 10.1. The maximum absolute atomic E-state index is 12.1. The minimum Gasteiger partial charge on any atom is -0.507 e. The standard InChI is InChI=1S/C17H20ClN3O3/c1-2-3-8-24-17(23)20-6-7-21-14(10-19-16(21)11-20)13-9-12(18)4-5-15(13)22/h4-5,9-10,22H,2-3,6-8,11H2,1H3. The number of nitrogens with zero attached hydrogens (tertiary/aromatic N) is 3. The zero-order valence-corrected chi connectivity index (χ0v) is 14.3. The van der Waals surface area contributed by atoms with Crippen LogP contribution in [0.4, 0.5) is 4.79 Å². The van der Waals surface area contributed by atoms with Crippen LogP contribution in [-0.2, 0) is 17.8 Å². The fraction of sp³-hybridized carbons (Fsp3) is 0.412. The van der Waals surface area contributed by atoms with Gasteiger partial charge in [-0.15, -0.1) is 0 Å². The van der Waals surface area contributed by atoms with Crippen LogP contribution in [0, 0.1) is 0 Å². The highest BCUT2D eigenvalue weighted by Crippen LogP contribution is 2.33. The van der Waals surface area contributed by atoms with Gasteiger partial charge in [0.2, 0.25) is 0 Å². The molecule has 2 aromatic rings. The molecule has 0 saturated carbocycles. The molecule has 7 heteroatoms. The van der Waals surface area contributed by atoms with Crippen LogP contribution in [0.1, 0.15) is 25.6 Å². The van der Waals surface area contributed by atoms with Crippen LogP contribution in [0.15, 0.2) is 24.4 Å². The van der Waals surface area contributed by atoms with Crippen molar-refractivity contribution in [2.45, 2.75) is 32.9 Å². The van der Waals surface area contributed by atoms with Gasteiger partial charge in [0.1, 0.15) is 11.6 Å². The fourth-order valence-electron chi connectivity index (χ4n) is 2.74. The van der Waals surface area contributed by atoms with Crippen LogP contribution in [0.3, 0.4) is 0 Å². The van der Waals surface area contributed by atoms with Crippen LogP contribution in [-0.4, -0.2) is 38.8 Å². The Balaban J connectivity index is 1.77. The molecule has 0 unspecified atom stereocenters. The number of hydrogen-bond acceptors (Lipinski definition) is 4. The van der Waals surface area contributed by atoms with Crippen molar-refractivity contribution in [3.63, 3.8) is 0 Å². The number of amides is 1. The molecule has 3 rings (SSSR count). The molecular formula is C17H20ClN3O3. The molecule has 0 fully saturated rings. The predicted molar refractivity (Wildman–Crippen MR) is 91.0 cm³/mol. The highest BCUT2D eigenvalue weighted by molar-refractivity contribution is 6.30. The van der Waals surface area contributed by atoms with E-state index in [0.29, 0.717) is 36.8 Å². The number of benzene rings is 1. The van der Waals surface area contributed by atoms with Crippen molar-refractivity contribution < 1.29 is 14.6 Å². The highest BCUT2D eigenvalue weighted by atomic mass is 35.5. The second-order valence-electron chi connectivity index (χ2n) is 5.76. The third kappa shape index (κ3) is 3.33. The average molecular weight is 350 g/mol. The smallest absolute Gasteiger partial charge is 0.410 e. The number of phenols is 1. The summed E-state index contributed by atoms with van der Waals surface area (Å²) < 4.78 is 7.26. The number of phenolic OH excluding ortho intramolecular Hbond substituents is 1. The van der Waals surface area contributed by atoms with E-state index < -0.39 is 0 Å². The van der Waals surface area contributed by atoms with Gasteiger partial charge in [-0.3, -0.25) is 4.90 Å². The topological polar surface area (TPSA) is 67.6 Å². The average Bonchev–Trinajstić information content (AvgIpc) is 3.00. The Bertz CT molecular complexity index is 745. The first-order valence-electron chi connectivity index (χ1n) is 8.05. The molecule has 24 heavy (non-hydrogen) atoms. The number of rotatable bonds is 4. The van der Waals surface area contributed by atoms with Gasteiger partial charge in [-0.05, 0) is 24.6 Å². The SMILES string of the molecule is CCCCOC(=O)N1CCn2c(-c3cc(Cl)ccc3O)cnc2C1. The van der Waals surface area contributed by atoms with Gasteiger partial charge in [-0.2, -0.15) is 0 Å². The summed E-state index contributed by atoms with van der Waals surface area (Å²) in [6.45, 7) is 4.04. The van der Waals surface area contributed by atoms with Crippen LogP contribution in [0.5, 0.6) is 5.75 Å². The van der Waals surface area contributed by atoms with Crippen LogP contribution < -0.4 is 0 Å². The summed E-state index contributed by atoms with van der Waals surface area (Å²) in [6, 6.07) is 4.92. The quantitative estimate of drug-likeness (QED) is 0.855. The lowest BCUT2D eigenvalue weighted by molar-refractivity contribution is 0.0909. The van der Waals surface area contributed by atoms with E-state index >= 15 is 0 Å². The van der Waals surface area contributed by atoms with Gasteiger partial charge >= 0.3 is 6.09 Å². The number of aromatic nitrogens is 2. The molecular weight excluding hydrogens is 330 g/mol. The number of aromatic hydroxyl groups is 1. The zero-order chi connectivity index (χ0) is 17.1. The Morgan fingerprint density at radius 1 is 1.42 bits per heavy atom. The Labute approximate surface area is 145 Å². The van der Waals surface area contributed by atoms with E-state index in [9.17, 15) is 9.90 Å². The Kier molecular flexibility index (Phi) is 4.94. The summed E-state index contributed by atoms with van der Waals surface area (Å²) in [4.78, 5) is 18.1. The molecule has 0 radical (unpaired) electrons. The van der Waals surface area contributed by atoms with Gasteiger partial charge in [0.05, 0.1) is 25.0 Å². The molecule has 1 N–H and O–H groups in total. The van der Waals surface area contributed by atoms with Crippen molar-refractivity contribution in [1.29, 1.82) is 0 Å². The van der Waals surface area contributed by atoms with Gasteiger partial charge in [0.15, 0.2) is 0 Å². The first-order chi connectivity index (χ1) is 11.6. The molecule has 6 nitrogen and oxygen atoms in total. The summed E-state index contributed by atoms with van der Waals surface area (Å²) in [6.07, 6.45) is 3.26. The molecule has 2 heterocycles. The number of carbonyl (C=O) groups excluding carboxylic acids is 1. The minimum absolute atomic E-state index is 0.156. The molecule has 1 aromatic heterocycles. The number of fused-ring (bicyclic) bond motifs is 1. The molecule has 1 aromatic carbocycles. The van der Waals surface area contributed by atoms with E-state index in [1.807, 2.05) is 4.57 Å². The molecule has 1 aliphatic rings. The van der Waals surface area contributed by atoms with Gasteiger partial charge in [0, 0.05) is 23.7 Å². The van der Waals surface area contributed by atoms with Crippen molar-refractivity contribution >= 4 is 17.7 Å².